The molecule has 1 aromatic rings. The zero-order chi connectivity index (χ0) is 15.2. The maximum absolute atomic E-state index is 12.0. The van der Waals surface area contributed by atoms with Crippen molar-refractivity contribution in [2.45, 2.75) is 46.1 Å². The number of benzene rings is 1. The number of carbonyl (C=O) groups is 1. The fraction of sp³-hybridized carbons (Fsp3) is 0.526. The molecule has 0 saturated heterocycles. The molecule has 1 fully saturated rings. The molecule has 0 unspecified atom stereocenters. The van der Waals surface area contributed by atoms with Crippen LogP contribution in [-0.4, -0.2) is 12.1 Å². The van der Waals surface area contributed by atoms with Crippen molar-refractivity contribution in [3.05, 3.63) is 35.9 Å². The molecule has 0 amide bonds. The van der Waals surface area contributed by atoms with Gasteiger partial charge in [-0.3, -0.25) is 0 Å². The molecule has 0 aliphatic heterocycles. The summed E-state index contributed by atoms with van der Waals surface area (Å²) in [5.41, 5.74) is 0.840. The van der Waals surface area contributed by atoms with Gasteiger partial charge in [0.15, 0.2) is 0 Å². The van der Waals surface area contributed by atoms with Crippen LogP contribution in [0.2, 0.25) is 0 Å². The Morgan fingerprint density at radius 2 is 1.95 bits per heavy atom. The van der Waals surface area contributed by atoms with Crippen LogP contribution in [0.3, 0.4) is 0 Å². The molecular weight excluding hydrogens is 260 g/mol. The van der Waals surface area contributed by atoms with Gasteiger partial charge in [0.05, 0.1) is 0 Å². The Morgan fingerprint density at radius 1 is 1.24 bits per heavy atom. The van der Waals surface area contributed by atoms with Crippen molar-refractivity contribution in [2.75, 3.05) is 0 Å². The van der Waals surface area contributed by atoms with Crippen molar-refractivity contribution in [1.82, 2.24) is 0 Å². The van der Waals surface area contributed by atoms with Crippen LogP contribution in [-0.2, 0) is 9.53 Å². The van der Waals surface area contributed by atoms with Gasteiger partial charge in [-0.2, -0.15) is 0 Å². The van der Waals surface area contributed by atoms with Crippen LogP contribution >= 0.6 is 0 Å². The van der Waals surface area contributed by atoms with Crippen LogP contribution in [0.25, 0.3) is 0 Å². The molecule has 1 saturated carbocycles. The van der Waals surface area contributed by atoms with Crippen molar-refractivity contribution >= 4 is 5.97 Å². The third-order valence-electron chi connectivity index (χ3n) is 4.30. The van der Waals surface area contributed by atoms with Crippen LogP contribution in [0.5, 0.6) is 0 Å². The highest BCUT2D eigenvalue weighted by molar-refractivity contribution is 5.89. The fourth-order valence-corrected chi connectivity index (χ4v) is 3.06. The van der Waals surface area contributed by atoms with Crippen LogP contribution in [0.1, 0.15) is 45.6 Å². The van der Waals surface area contributed by atoms with E-state index in [1.807, 2.05) is 30.3 Å². The van der Waals surface area contributed by atoms with Gasteiger partial charge >= 0.3 is 5.97 Å². The van der Waals surface area contributed by atoms with E-state index in [4.69, 9.17) is 4.74 Å². The first-order valence-corrected chi connectivity index (χ1v) is 7.84. The Bertz CT molecular complexity index is 521. The molecular formula is C19H24O2. The van der Waals surface area contributed by atoms with Gasteiger partial charge in [0.25, 0.3) is 0 Å². The van der Waals surface area contributed by atoms with Crippen molar-refractivity contribution < 1.29 is 9.53 Å². The second kappa shape index (κ2) is 7.31. The summed E-state index contributed by atoms with van der Waals surface area (Å²) in [5, 5.41) is 0. The van der Waals surface area contributed by atoms with Gasteiger partial charge in [0.2, 0.25) is 0 Å². The molecule has 0 spiro atoms. The Morgan fingerprint density at radius 3 is 2.62 bits per heavy atom. The molecule has 3 atom stereocenters. The average molecular weight is 284 g/mol. The van der Waals surface area contributed by atoms with E-state index in [0.717, 1.165) is 18.4 Å². The molecule has 21 heavy (non-hydrogen) atoms. The molecule has 0 bridgehead atoms. The Kier molecular flexibility index (Phi) is 5.44. The first kappa shape index (κ1) is 15.6. The molecule has 1 aliphatic carbocycles. The quantitative estimate of drug-likeness (QED) is 0.605. The van der Waals surface area contributed by atoms with E-state index < -0.39 is 5.97 Å². The van der Waals surface area contributed by atoms with Crippen LogP contribution in [0.4, 0.5) is 0 Å². The summed E-state index contributed by atoms with van der Waals surface area (Å²) in [6.07, 6.45) is 3.35. The van der Waals surface area contributed by atoms with Gasteiger partial charge in [-0.15, -0.1) is 0 Å². The minimum absolute atomic E-state index is 0.0197. The van der Waals surface area contributed by atoms with E-state index in [-0.39, 0.29) is 6.10 Å². The zero-order valence-electron chi connectivity index (χ0n) is 13.1. The van der Waals surface area contributed by atoms with Gasteiger partial charge in [0.1, 0.15) is 6.10 Å². The first-order valence-electron chi connectivity index (χ1n) is 7.84. The zero-order valence-corrected chi connectivity index (χ0v) is 13.1. The molecule has 0 aromatic heterocycles. The summed E-state index contributed by atoms with van der Waals surface area (Å²) in [5.74, 6) is 6.70. The smallest absolute Gasteiger partial charge is 0.384 e. The molecule has 2 heteroatoms. The maximum atomic E-state index is 12.0. The summed E-state index contributed by atoms with van der Waals surface area (Å²) < 4.78 is 5.64. The van der Waals surface area contributed by atoms with Crippen molar-refractivity contribution in [3.63, 3.8) is 0 Å². The predicted molar refractivity (Wildman–Crippen MR) is 84.5 cm³/mol. The van der Waals surface area contributed by atoms with E-state index in [1.54, 1.807) is 0 Å². The summed E-state index contributed by atoms with van der Waals surface area (Å²) in [6, 6.07) is 9.53. The number of hydrogen-bond donors (Lipinski definition) is 0. The largest absolute Gasteiger partial charge is 0.452 e. The number of rotatable bonds is 2. The van der Waals surface area contributed by atoms with Gasteiger partial charge in [0, 0.05) is 11.5 Å². The van der Waals surface area contributed by atoms with E-state index in [2.05, 4.69) is 32.6 Å². The number of carbonyl (C=O) groups excluding carboxylic acids is 1. The molecule has 0 radical (unpaired) electrons. The lowest BCUT2D eigenvalue weighted by molar-refractivity contribution is -0.148. The Balaban J connectivity index is 1.99. The number of hydrogen-bond acceptors (Lipinski definition) is 2. The summed E-state index contributed by atoms with van der Waals surface area (Å²) in [7, 11) is 0. The number of esters is 1. The van der Waals surface area contributed by atoms with Gasteiger partial charge in [-0.05, 0) is 42.7 Å². The summed E-state index contributed by atoms with van der Waals surface area (Å²) >= 11 is 0. The van der Waals surface area contributed by atoms with Crippen molar-refractivity contribution in [1.29, 1.82) is 0 Å². The Hall–Kier alpha value is -1.75. The molecule has 2 nitrogen and oxygen atoms in total. The Labute approximate surface area is 127 Å². The molecule has 0 heterocycles. The monoisotopic (exact) mass is 284 g/mol. The SMILES string of the molecule is CC(C)[C@@H]1CC[C@H](C)C[C@H]1OC(=O)C#Cc1ccccc1. The van der Waals surface area contributed by atoms with Gasteiger partial charge < -0.3 is 4.74 Å². The van der Waals surface area contributed by atoms with Crippen molar-refractivity contribution in [3.8, 4) is 11.8 Å². The predicted octanol–water partition coefficient (Wildman–Crippen LogP) is 4.04. The van der Waals surface area contributed by atoms with Crippen molar-refractivity contribution in [2.24, 2.45) is 17.8 Å². The highest BCUT2D eigenvalue weighted by atomic mass is 16.5. The molecule has 2 rings (SSSR count). The highest BCUT2D eigenvalue weighted by Gasteiger charge is 2.33. The third-order valence-corrected chi connectivity index (χ3v) is 4.30. The number of ether oxygens (including phenoxy) is 1. The normalized spacial score (nSPS) is 25.0. The van der Waals surface area contributed by atoms with E-state index in [9.17, 15) is 4.79 Å². The lowest BCUT2D eigenvalue weighted by atomic mass is 9.75. The van der Waals surface area contributed by atoms with E-state index in [1.165, 1.54) is 6.42 Å². The lowest BCUT2D eigenvalue weighted by Gasteiger charge is -2.36. The van der Waals surface area contributed by atoms with Crippen LogP contribution < -0.4 is 0 Å². The van der Waals surface area contributed by atoms with E-state index >= 15 is 0 Å². The van der Waals surface area contributed by atoms with Gasteiger partial charge in [-0.1, -0.05) is 51.3 Å². The first-order chi connectivity index (χ1) is 10.1. The second-order valence-corrected chi connectivity index (χ2v) is 6.39. The standard InChI is InChI=1S/C19H24O2/c1-14(2)17-11-9-15(3)13-18(17)21-19(20)12-10-16-7-5-4-6-8-16/h4-8,14-15,17-18H,9,11,13H2,1-3H3/t15-,17-,18+/m0/s1. The minimum atomic E-state index is -0.399. The van der Waals surface area contributed by atoms with E-state index in [0.29, 0.717) is 17.8 Å². The van der Waals surface area contributed by atoms with Gasteiger partial charge in [-0.25, -0.2) is 4.79 Å². The molecule has 1 aromatic carbocycles. The second-order valence-electron chi connectivity index (χ2n) is 6.39. The fourth-order valence-electron chi connectivity index (χ4n) is 3.06. The average Bonchev–Trinajstić information content (AvgIpc) is 2.46. The summed E-state index contributed by atoms with van der Waals surface area (Å²) in [4.78, 5) is 12.0. The molecule has 112 valence electrons. The minimum Gasteiger partial charge on any atom is -0.452 e. The van der Waals surface area contributed by atoms with Crippen LogP contribution in [0, 0.1) is 29.6 Å². The maximum Gasteiger partial charge on any atom is 0.384 e. The topological polar surface area (TPSA) is 26.3 Å². The third kappa shape index (κ3) is 4.63. The highest BCUT2D eigenvalue weighted by Crippen LogP contribution is 2.35. The summed E-state index contributed by atoms with van der Waals surface area (Å²) in [6.45, 7) is 6.64. The molecule has 0 N–H and O–H groups in total. The van der Waals surface area contributed by atoms with Crippen LogP contribution in [0.15, 0.2) is 30.3 Å². The molecule has 1 aliphatic rings. The lowest BCUT2D eigenvalue weighted by Crippen LogP contribution is -2.35.